The van der Waals surface area contributed by atoms with Crippen LogP contribution in [0, 0.1) is 6.92 Å². The molecule has 0 saturated carbocycles. The van der Waals surface area contributed by atoms with E-state index in [0.29, 0.717) is 18.7 Å². The van der Waals surface area contributed by atoms with Gasteiger partial charge in [0.15, 0.2) is 0 Å². The van der Waals surface area contributed by atoms with E-state index in [4.69, 9.17) is 4.74 Å². The van der Waals surface area contributed by atoms with Gasteiger partial charge in [-0.25, -0.2) is 9.78 Å². The van der Waals surface area contributed by atoms with Gasteiger partial charge in [0.25, 0.3) is 5.91 Å². The topological polar surface area (TPSA) is 83.6 Å². The van der Waals surface area contributed by atoms with Gasteiger partial charge >= 0.3 is 6.09 Å². The molecule has 0 radical (unpaired) electrons. The van der Waals surface area contributed by atoms with Crippen molar-refractivity contribution in [2.24, 2.45) is 0 Å². The van der Waals surface area contributed by atoms with E-state index < -0.39 is 0 Å². The van der Waals surface area contributed by atoms with Gasteiger partial charge in [0, 0.05) is 31.0 Å². The predicted octanol–water partition coefficient (Wildman–Crippen LogP) is 4.06. The van der Waals surface area contributed by atoms with E-state index in [0.717, 1.165) is 29.9 Å². The first-order chi connectivity index (χ1) is 13.9. The summed E-state index contributed by atoms with van der Waals surface area (Å²) in [6.07, 6.45) is 2.86. The molecule has 1 aliphatic rings. The Hall–Kier alpha value is -3.09. The van der Waals surface area contributed by atoms with Crippen molar-refractivity contribution in [3.63, 3.8) is 0 Å². The maximum Gasteiger partial charge on any atom is 0.410 e. The predicted molar refractivity (Wildman–Crippen MR) is 113 cm³/mol. The molecule has 0 spiro atoms. The van der Waals surface area contributed by atoms with Crippen LogP contribution in [-0.4, -0.2) is 47.1 Å². The van der Waals surface area contributed by atoms with Crippen molar-refractivity contribution in [1.82, 2.24) is 9.88 Å². The molecular formula is C22H28N4O3. The number of nitrogens with zero attached hydrogens (tertiary/aromatic N) is 2. The zero-order valence-electron chi connectivity index (χ0n) is 17.1. The summed E-state index contributed by atoms with van der Waals surface area (Å²) in [6, 6.07) is 11.5. The molecule has 3 rings (SSSR count). The first-order valence-corrected chi connectivity index (χ1v) is 9.97. The number of carbonyl (C=O) groups is 2. The van der Waals surface area contributed by atoms with Crippen molar-refractivity contribution in [3.05, 3.63) is 53.7 Å². The van der Waals surface area contributed by atoms with Crippen LogP contribution in [0.1, 0.15) is 42.6 Å². The van der Waals surface area contributed by atoms with Gasteiger partial charge in [0.1, 0.15) is 5.82 Å². The highest BCUT2D eigenvalue weighted by Crippen LogP contribution is 2.17. The first kappa shape index (κ1) is 20.6. The molecule has 1 aromatic heterocycles. The van der Waals surface area contributed by atoms with Gasteiger partial charge in [-0.05, 0) is 57.9 Å². The minimum atomic E-state index is -0.250. The lowest BCUT2D eigenvalue weighted by molar-refractivity contribution is 0.0701. The van der Waals surface area contributed by atoms with Crippen molar-refractivity contribution in [1.29, 1.82) is 0 Å². The Morgan fingerprint density at radius 1 is 1.10 bits per heavy atom. The smallest absolute Gasteiger partial charge is 0.410 e. The Bertz CT molecular complexity index is 826. The van der Waals surface area contributed by atoms with E-state index in [1.807, 2.05) is 51.1 Å². The van der Waals surface area contributed by atoms with Gasteiger partial charge in [0.05, 0.1) is 11.7 Å². The van der Waals surface area contributed by atoms with Gasteiger partial charge in [-0.15, -0.1) is 0 Å². The summed E-state index contributed by atoms with van der Waals surface area (Å²) in [4.78, 5) is 30.4. The average molecular weight is 396 g/mol. The van der Waals surface area contributed by atoms with Crippen molar-refractivity contribution in [2.75, 3.05) is 23.7 Å². The van der Waals surface area contributed by atoms with Crippen molar-refractivity contribution >= 4 is 23.5 Å². The second kappa shape index (κ2) is 9.41. The monoisotopic (exact) mass is 396 g/mol. The molecule has 2 amide bonds. The summed E-state index contributed by atoms with van der Waals surface area (Å²) < 4.78 is 5.24. The average Bonchev–Trinajstić information content (AvgIpc) is 2.70. The number of pyridine rings is 1. The van der Waals surface area contributed by atoms with Crippen LogP contribution >= 0.6 is 0 Å². The zero-order valence-corrected chi connectivity index (χ0v) is 17.1. The van der Waals surface area contributed by atoms with Crippen LogP contribution in [0.2, 0.25) is 0 Å². The summed E-state index contributed by atoms with van der Waals surface area (Å²) in [5.74, 6) is 0.532. The van der Waals surface area contributed by atoms with Crippen LogP contribution in [-0.2, 0) is 4.74 Å². The zero-order chi connectivity index (χ0) is 20.8. The van der Waals surface area contributed by atoms with E-state index in [-0.39, 0.29) is 24.1 Å². The van der Waals surface area contributed by atoms with Crippen LogP contribution < -0.4 is 10.6 Å². The van der Waals surface area contributed by atoms with Gasteiger partial charge in [-0.3, -0.25) is 4.79 Å². The third kappa shape index (κ3) is 5.94. The molecule has 2 aromatic rings. The highest BCUT2D eigenvalue weighted by atomic mass is 16.6. The van der Waals surface area contributed by atoms with Crippen molar-refractivity contribution in [2.45, 2.75) is 45.8 Å². The SMILES string of the molecule is Cc1ccc(NC(=O)c2ccc(NC3CCN(C(=O)OC(C)C)CC3)nc2)cc1. The largest absolute Gasteiger partial charge is 0.447 e. The Labute approximate surface area is 171 Å². The van der Waals surface area contributed by atoms with Crippen LogP contribution in [0.3, 0.4) is 0 Å². The maximum absolute atomic E-state index is 12.4. The number of hydrogen-bond donors (Lipinski definition) is 2. The second-order valence-corrected chi connectivity index (χ2v) is 7.59. The molecule has 2 N–H and O–H groups in total. The molecule has 0 bridgehead atoms. The van der Waals surface area contributed by atoms with Crippen molar-refractivity contribution < 1.29 is 14.3 Å². The summed E-state index contributed by atoms with van der Waals surface area (Å²) in [5.41, 5.74) is 2.40. The number of aryl methyl sites for hydroxylation is 1. The fourth-order valence-corrected chi connectivity index (χ4v) is 3.15. The van der Waals surface area contributed by atoms with E-state index >= 15 is 0 Å². The lowest BCUT2D eigenvalue weighted by Gasteiger charge is -2.32. The molecule has 154 valence electrons. The van der Waals surface area contributed by atoms with Gasteiger partial charge in [0.2, 0.25) is 0 Å². The molecule has 1 aromatic carbocycles. The standard InChI is InChI=1S/C22H28N4O3/c1-15(2)29-22(28)26-12-10-19(11-13-26)24-20-9-6-17(14-23-20)21(27)25-18-7-4-16(3)5-8-18/h4-9,14-15,19H,10-13H2,1-3H3,(H,23,24)(H,25,27). The fourth-order valence-electron chi connectivity index (χ4n) is 3.15. The number of benzene rings is 1. The molecule has 0 atom stereocenters. The Kier molecular flexibility index (Phi) is 6.69. The van der Waals surface area contributed by atoms with E-state index in [2.05, 4.69) is 15.6 Å². The summed E-state index contributed by atoms with van der Waals surface area (Å²) >= 11 is 0. The van der Waals surface area contributed by atoms with Crippen molar-refractivity contribution in [3.8, 4) is 0 Å². The highest BCUT2D eigenvalue weighted by Gasteiger charge is 2.24. The van der Waals surface area contributed by atoms with Crippen LogP contribution in [0.15, 0.2) is 42.6 Å². The quantitative estimate of drug-likeness (QED) is 0.796. The number of nitrogens with one attached hydrogen (secondary N) is 2. The number of piperidine rings is 1. The lowest BCUT2D eigenvalue weighted by atomic mass is 10.1. The first-order valence-electron chi connectivity index (χ1n) is 9.97. The van der Waals surface area contributed by atoms with Crippen LogP contribution in [0.25, 0.3) is 0 Å². The summed E-state index contributed by atoms with van der Waals surface area (Å²) in [5, 5.41) is 6.25. The molecule has 7 heteroatoms. The maximum atomic E-state index is 12.4. The molecule has 0 aliphatic carbocycles. The molecule has 29 heavy (non-hydrogen) atoms. The lowest BCUT2D eigenvalue weighted by Crippen LogP contribution is -2.43. The molecule has 7 nitrogen and oxygen atoms in total. The molecule has 1 saturated heterocycles. The van der Waals surface area contributed by atoms with E-state index in [9.17, 15) is 9.59 Å². The molecule has 1 aliphatic heterocycles. The van der Waals surface area contributed by atoms with Crippen LogP contribution in [0.4, 0.5) is 16.3 Å². The number of likely N-dealkylation sites (tertiary alicyclic amines) is 1. The number of rotatable bonds is 5. The molecule has 0 unspecified atom stereocenters. The van der Waals surface area contributed by atoms with Crippen LogP contribution in [0.5, 0.6) is 0 Å². The Morgan fingerprint density at radius 2 is 1.79 bits per heavy atom. The third-order valence-electron chi connectivity index (χ3n) is 4.78. The van der Waals surface area contributed by atoms with Gasteiger partial charge in [-0.2, -0.15) is 0 Å². The number of aromatic nitrogens is 1. The number of amides is 2. The number of hydrogen-bond acceptors (Lipinski definition) is 5. The third-order valence-corrected chi connectivity index (χ3v) is 4.78. The molecule has 2 heterocycles. The Morgan fingerprint density at radius 3 is 2.38 bits per heavy atom. The van der Waals surface area contributed by atoms with Gasteiger partial charge < -0.3 is 20.3 Å². The number of carbonyl (C=O) groups excluding carboxylic acids is 2. The van der Waals surface area contributed by atoms with E-state index in [1.54, 1.807) is 17.2 Å². The highest BCUT2D eigenvalue weighted by molar-refractivity contribution is 6.04. The summed E-state index contributed by atoms with van der Waals surface area (Å²) in [7, 11) is 0. The number of ether oxygens (including phenoxy) is 1. The second-order valence-electron chi connectivity index (χ2n) is 7.59. The van der Waals surface area contributed by atoms with Gasteiger partial charge in [-0.1, -0.05) is 17.7 Å². The summed E-state index contributed by atoms with van der Waals surface area (Å²) in [6.45, 7) is 7.01. The minimum Gasteiger partial charge on any atom is -0.447 e. The molecular weight excluding hydrogens is 368 g/mol. The normalized spacial score (nSPS) is 14.6. The minimum absolute atomic E-state index is 0.107. The number of anilines is 2. The van der Waals surface area contributed by atoms with E-state index in [1.165, 1.54) is 0 Å². The molecule has 1 fully saturated rings. The Balaban J connectivity index is 1.49. The fraction of sp³-hybridized carbons (Fsp3) is 0.409.